The highest BCUT2D eigenvalue weighted by Gasteiger charge is 2.40. The van der Waals surface area contributed by atoms with Crippen LogP contribution in [-0.4, -0.2) is 30.0 Å². The van der Waals surface area contributed by atoms with E-state index in [2.05, 4.69) is 21.4 Å². The van der Waals surface area contributed by atoms with Gasteiger partial charge in [-0.1, -0.05) is 31.0 Å². The van der Waals surface area contributed by atoms with Gasteiger partial charge in [0, 0.05) is 19.8 Å². The van der Waals surface area contributed by atoms with Gasteiger partial charge in [-0.25, -0.2) is 13.8 Å². The van der Waals surface area contributed by atoms with Gasteiger partial charge in [0.05, 0.1) is 23.2 Å². The number of carbonyl (C=O) groups is 1. The van der Waals surface area contributed by atoms with Crippen molar-refractivity contribution in [3.63, 3.8) is 0 Å². The average Bonchev–Trinajstić information content (AvgIpc) is 3.35. The molecule has 2 heterocycles. The normalized spacial score (nSPS) is 18.8. The lowest BCUT2D eigenvalue weighted by Gasteiger charge is -2.38. The third-order valence-corrected chi connectivity index (χ3v) is 7.04. The van der Waals surface area contributed by atoms with E-state index in [1.807, 2.05) is 24.3 Å². The second-order valence-electron chi connectivity index (χ2n) is 9.05. The van der Waals surface area contributed by atoms with Crippen LogP contribution in [-0.2, 0) is 10.2 Å². The second kappa shape index (κ2) is 8.62. The Bertz CT molecular complexity index is 1310. The molecule has 1 atom stereocenters. The number of nitrogens with zero attached hydrogens (tertiary/aromatic N) is 5. The summed E-state index contributed by atoms with van der Waals surface area (Å²) >= 11 is 0. The topological polar surface area (TPSA) is 85.2 Å². The van der Waals surface area contributed by atoms with Crippen LogP contribution < -0.4 is 15.1 Å². The van der Waals surface area contributed by atoms with Crippen molar-refractivity contribution in [3.05, 3.63) is 71.4 Å². The van der Waals surface area contributed by atoms with Crippen LogP contribution in [0.25, 0.3) is 0 Å². The zero-order valence-corrected chi connectivity index (χ0v) is 19.4. The maximum absolute atomic E-state index is 14.5. The Morgan fingerprint density at radius 3 is 2.37 bits per heavy atom. The summed E-state index contributed by atoms with van der Waals surface area (Å²) in [4.78, 5) is 24.7. The second-order valence-corrected chi connectivity index (χ2v) is 9.05. The van der Waals surface area contributed by atoms with Crippen LogP contribution in [0.4, 0.5) is 31.9 Å². The lowest BCUT2D eigenvalue weighted by molar-refractivity contribution is -0.120. The lowest BCUT2D eigenvalue weighted by Crippen LogP contribution is -2.46. The summed E-state index contributed by atoms with van der Waals surface area (Å²) in [5, 5.41) is 12.9. The van der Waals surface area contributed by atoms with Crippen LogP contribution in [0.5, 0.6) is 0 Å². The number of amides is 1. The van der Waals surface area contributed by atoms with Crippen LogP contribution >= 0.6 is 0 Å². The number of hydrogen-bond acceptors (Lipinski definition) is 6. The van der Waals surface area contributed by atoms with Gasteiger partial charge in [0.1, 0.15) is 23.4 Å². The van der Waals surface area contributed by atoms with Crippen LogP contribution in [0.15, 0.2) is 48.7 Å². The Hall–Kier alpha value is -4.06. The third kappa shape index (κ3) is 3.75. The largest absolute Gasteiger partial charge is 0.342 e. The molecule has 0 saturated heterocycles. The minimum Gasteiger partial charge on any atom is -0.342 e. The van der Waals surface area contributed by atoms with Gasteiger partial charge in [-0.2, -0.15) is 10.2 Å². The number of halogens is 2. The molecule has 1 fully saturated rings. The molecular formula is C26H24F2N6O. The number of carbonyl (C=O) groups excluding carboxylic acids is 1. The molecule has 7 nitrogen and oxygen atoms in total. The molecule has 5 rings (SSSR count). The summed E-state index contributed by atoms with van der Waals surface area (Å²) in [5.74, 6) is -1.44. The van der Waals surface area contributed by atoms with Crippen molar-refractivity contribution in [2.45, 2.75) is 37.1 Å². The molecule has 1 saturated carbocycles. The first-order valence-corrected chi connectivity index (χ1v) is 11.4. The molecule has 1 aliphatic heterocycles. The van der Waals surface area contributed by atoms with E-state index >= 15 is 0 Å². The number of hydrogen-bond donors (Lipinski definition) is 1. The van der Waals surface area contributed by atoms with E-state index in [1.54, 1.807) is 7.05 Å². The Morgan fingerprint density at radius 1 is 1.09 bits per heavy atom. The molecule has 1 amide bonds. The number of aromatic nitrogens is 2. The number of rotatable bonds is 4. The van der Waals surface area contributed by atoms with Crippen molar-refractivity contribution in [2.75, 3.05) is 29.2 Å². The Balaban J connectivity index is 1.44. The number of anilines is 4. The van der Waals surface area contributed by atoms with Crippen molar-refractivity contribution >= 4 is 29.0 Å². The van der Waals surface area contributed by atoms with Crippen LogP contribution in [0, 0.1) is 23.0 Å². The van der Waals surface area contributed by atoms with Gasteiger partial charge in [-0.15, -0.1) is 0 Å². The molecule has 35 heavy (non-hydrogen) atoms. The first kappa shape index (κ1) is 22.7. The summed E-state index contributed by atoms with van der Waals surface area (Å²) in [6.07, 6.45) is 5.35. The van der Waals surface area contributed by atoms with Crippen molar-refractivity contribution < 1.29 is 13.6 Å². The molecule has 0 bridgehead atoms. The predicted molar refractivity (Wildman–Crippen MR) is 128 cm³/mol. The van der Waals surface area contributed by atoms with Crippen molar-refractivity contribution in [1.82, 2.24) is 9.97 Å². The SMILES string of the molecule is CN1C(=O)C(c2c(F)cccc2F)N(C)c2nc(Nc3ccc(C4(C#N)CCCC4)cc3)ncc21. The zero-order valence-electron chi connectivity index (χ0n) is 19.4. The maximum Gasteiger partial charge on any atom is 0.254 e. The summed E-state index contributed by atoms with van der Waals surface area (Å²) < 4.78 is 29.1. The quantitative estimate of drug-likeness (QED) is 0.574. The molecule has 1 N–H and O–H groups in total. The van der Waals surface area contributed by atoms with Gasteiger partial charge < -0.3 is 15.1 Å². The first-order chi connectivity index (χ1) is 16.8. The molecule has 9 heteroatoms. The summed E-state index contributed by atoms with van der Waals surface area (Å²) in [6, 6.07) is 12.5. The third-order valence-electron chi connectivity index (χ3n) is 7.04. The van der Waals surface area contributed by atoms with E-state index in [0.29, 0.717) is 11.5 Å². The summed E-state index contributed by atoms with van der Waals surface area (Å²) in [5.41, 5.74) is 1.43. The van der Waals surface area contributed by atoms with E-state index in [9.17, 15) is 18.8 Å². The van der Waals surface area contributed by atoms with Crippen LogP contribution in [0.1, 0.15) is 42.9 Å². The molecule has 0 radical (unpaired) electrons. The highest BCUT2D eigenvalue weighted by Crippen LogP contribution is 2.42. The van der Waals surface area contributed by atoms with Gasteiger partial charge in [0.2, 0.25) is 5.95 Å². The van der Waals surface area contributed by atoms with E-state index in [1.165, 1.54) is 29.1 Å². The molecule has 0 spiro atoms. The minimum atomic E-state index is -1.20. The van der Waals surface area contributed by atoms with E-state index in [-0.39, 0.29) is 11.5 Å². The molecule has 178 valence electrons. The number of likely N-dealkylation sites (N-methyl/N-ethyl adjacent to an activating group) is 2. The minimum absolute atomic E-state index is 0.273. The Morgan fingerprint density at radius 2 is 1.74 bits per heavy atom. The van der Waals surface area contributed by atoms with Crippen molar-refractivity contribution in [3.8, 4) is 6.07 Å². The van der Waals surface area contributed by atoms with E-state index in [4.69, 9.17) is 0 Å². The molecule has 2 aromatic carbocycles. The number of benzene rings is 2. The monoisotopic (exact) mass is 474 g/mol. The zero-order chi connectivity index (χ0) is 24.7. The standard InChI is InChI=1S/C26H24F2N6O/c1-33-20-14-30-25(31-17-10-8-16(9-11-17)26(15-29)12-3-4-13-26)32-23(20)34(2)22(24(33)35)21-18(27)6-5-7-19(21)28/h5-11,14,22H,3-4,12-13H2,1-2H3,(H,30,31,32). The van der Waals surface area contributed by atoms with Gasteiger partial charge >= 0.3 is 0 Å². The van der Waals surface area contributed by atoms with E-state index < -0.39 is 29.0 Å². The molecule has 1 aromatic heterocycles. The fourth-order valence-corrected chi connectivity index (χ4v) is 5.05. The molecule has 3 aromatic rings. The highest BCUT2D eigenvalue weighted by atomic mass is 19.1. The van der Waals surface area contributed by atoms with Crippen molar-refractivity contribution in [2.24, 2.45) is 0 Å². The molecule has 1 unspecified atom stereocenters. The predicted octanol–water partition coefficient (Wildman–Crippen LogP) is 4.99. The lowest BCUT2D eigenvalue weighted by atomic mass is 9.80. The molecule has 1 aliphatic carbocycles. The van der Waals surface area contributed by atoms with Gasteiger partial charge in [-0.05, 0) is 42.7 Å². The summed E-state index contributed by atoms with van der Waals surface area (Å²) in [7, 11) is 3.11. The maximum atomic E-state index is 14.5. The number of fused-ring (bicyclic) bond motifs is 1. The number of nitriles is 1. The van der Waals surface area contributed by atoms with Gasteiger partial charge in [0.25, 0.3) is 5.91 Å². The van der Waals surface area contributed by atoms with E-state index in [0.717, 1.165) is 49.1 Å². The Kier molecular flexibility index (Phi) is 5.59. The average molecular weight is 475 g/mol. The first-order valence-electron chi connectivity index (χ1n) is 11.4. The smallest absolute Gasteiger partial charge is 0.254 e. The highest BCUT2D eigenvalue weighted by molar-refractivity contribution is 6.04. The number of nitrogens with one attached hydrogen (secondary N) is 1. The van der Waals surface area contributed by atoms with Crippen LogP contribution in [0.3, 0.4) is 0 Å². The van der Waals surface area contributed by atoms with Gasteiger partial charge in [0.15, 0.2) is 5.82 Å². The fourth-order valence-electron chi connectivity index (χ4n) is 5.05. The Labute approximate surface area is 202 Å². The molecule has 2 aliphatic rings. The fraction of sp³-hybridized carbons (Fsp3) is 0.308. The van der Waals surface area contributed by atoms with Crippen LogP contribution in [0.2, 0.25) is 0 Å². The van der Waals surface area contributed by atoms with Crippen molar-refractivity contribution in [1.29, 1.82) is 5.26 Å². The molecular weight excluding hydrogens is 450 g/mol. The summed E-state index contributed by atoms with van der Waals surface area (Å²) in [6.45, 7) is 0. The van der Waals surface area contributed by atoms with Gasteiger partial charge in [-0.3, -0.25) is 4.79 Å².